The number of nitrogens with one attached hydrogen (secondary N) is 1. The van der Waals surface area contributed by atoms with Crippen molar-refractivity contribution in [2.24, 2.45) is 0 Å². The second-order valence-corrected chi connectivity index (χ2v) is 1.85. The molecule has 0 aromatic heterocycles. The van der Waals surface area contributed by atoms with Crippen LogP contribution in [0, 0.1) is 0 Å². The van der Waals surface area contributed by atoms with E-state index in [1.165, 1.54) is 0 Å². The molecule has 0 saturated heterocycles. The molecule has 90 valence electrons. The number of carbonyl (C=O) groups excluding carboxylic acids is 1. The second-order valence-electron chi connectivity index (χ2n) is 1.85. The van der Waals surface area contributed by atoms with Crippen LogP contribution in [0.15, 0.2) is 0 Å². The van der Waals surface area contributed by atoms with Crippen LogP contribution >= 0.6 is 0 Å². The molecule has 0 rings (SSSR count). The molecule has 0 heterocycles. The molecular weight excluding hydrogens is 206 g/mol. The Morgan fingerprint density at radius 2 is 1.47 bits per heavy atom. The van der Waals surface area contributed by atoms with Gasteiger partial charge in [-0.15, -0.1) is 0 Å². The first-order valence-electron chi connectivity index (χ1n) is 4.19. The minimum atomic E-state index is -1.13. The highest BCUT2D eigenvalue weighted by Gasteiger charge is 1.99. The Balaban J connectivity index is -0.000000202. The Kier molecular flexibility index (Phi) is 18.9. The van der Waals surface area contributed by atoms with Gasteiger partial charge in [0.15, 0.2) is 0 Å². The summed E-state index contributed by atoms with van der Waals surface area (Å²) in [6.45, 7) is 3.96. The summed E-state index contributed by atoms with van der Waals surface area (Å²) in [7, 11) is 0. The van der Waals surface area contributed by atoms with Crippen molar-refractivity contribution in [2.75, 3.05) is 13.2 Å². The Bertz CT molecular complexity index is 188. The summed E-state index contributed by atoms with van der Waals surface area (Å²) in [6.07, 6.45) is 0. The van der Waals surface area contributed by atoms with Gasteiger partial charge in [-0.05, 0) is 0 Å². The zero-order valence-corrected chi connectivity index (χ0v) is 8.98. The number of aliphatic hydroxyl groups excluding tert-OH is 1. The molecule has 0 aromatic rings. The standard InChI is InChI=1S/C4H7NO4.C2H4O2.C2H6/c6-2-3(7)5-1-4(8)9;1-2(3)4;1-2/h6H,1-2H2,(H,5,7)(H,8,9);1H3,(H,3,4);1-2H3. The minimum absolute atomic E-state index is 0.445. The van der Waals surface area contributed by atoms with Crippen LogP contribution in [-0.4, -0.2) is 46.3 Å². The largest absolute Gasteiger partial charge is 0.481 e. The Hall–Kier alpha value is -1.63. The molecule has 0 fully saturated rings. The molecule has 0 saturated carbocycles. The van der Waals surface area contributed by atoms with Gasteiger partial charge < -0.3 is 20.6 Å². The van der Waals surface area contributed by atoms with E-state index in [1.807, 2.05) is 19.2 Å². The molecule has 0 aliphatic rings. The first kappa shape index (κ1) is 19.0. The Morgan fingerprint density at radius 1 is 1.13 bits per heavy atom. The number of carboxylic acid groups (broad SMARTS) is 2. The van der Waals surface area contributed by atoms with Gasteiger partial charge in [0.1, 0.15) is 13.2 Å². The van der Waals surface area contributed by atoms with Gasteiger partial charge in [0.2, 0.25) is 5.91 Å². The minimum Gasteiger partial charge on any atom is -0.481 e. The van der Waals surface area contributed by atoms with Gasteiger partial charge in [0, 0.05) is 6.92 Å². The molecule has 4 N–H and O–H groups in total. The summed E-state index contributed by atoms with van der Waals surface area (Å²) < 4.78 is 0. The lowest BCUT2D eigenvalue weighted by Crippen LogP contribution is -2.31. The van der Waals surface area contributed by atoms with Gasteiger partial charge in [-0.3, -0.25) is 14.4 Å². The van der Waals surface area contributed by atoms with Gasteiger partial charge >= 0.3 is 5.97 Å². The van der Waals surface area contributed by atoms with Crippen molar-refractivity contribution in [2.45, 2.75) is 20.8 Å². The van der Waals surface area contributed by atoms with Crippen molar-refractivity contribution in [1.82, 2.24) is 5.32 Å². The van der Waals surface area contributed by atoms with Crippen LogP contribution in [0.3, 0.4) is 0 Å². The van der Waals surface area contributed by atoms with Crippen molar-refractivity contribution >= 4 is 17.8 Å². The molecule has 7 nitrogen and oxygen atoms in total. The maximum Gasteiger partial charge on any atom is 0.322 e. The summed E-state index contributed by atoms with van der Waals surface area (Å²) in [4.78, 5) is 28.8. The van der Waals surface area contributed by atoms with Gasteiger partial charge in [0.25, 0.3) is 5.97 Å². The molecule has 7 heteroatoms. The average Bonchev–Trinajstić information content (AvgIpc) is 2.16. The molecule has 0 atom stereocenters. The molecule has 0 aliphatic carbocycles. The zero-order chi connectivity index (χ0) is 12.9. The smallest absolute Gasteiger partial charge is 0.322 e. The molecule has 0 spiro atoms. The van der Waals surface area contributed by atoms with E-state index in [9.17, 15) is 9.59 Å². The van der Waals surface area contributed by atoms with Crippen LogP contribution < -0.4 is 5.32 Å². The SMILES string of the molecule is CC.CC(=O)O.O=C(O)CNC(=O)CO. The van der Waals surface area contributed by atoms with Gasteiger partial charge in [-0.1, -0.05) is 13.8 Å². The maximum atomic E-state index is 10.1. The first-order valence-corrected chi connectivity index (χ1v) is 4.19. The van der Waals surface area contributed by atoms with E-state index >= 15 is 0 Å². The van der Waals surface area contributed by atoms with Crippen molar-refractivity contribution in [3.8, 4) is 0 Å². The van der Waals surface area contributed by atoms with Crippen LogP contribution in [0.25, 0.3) is 0 Å². The van der Waals surface area contributed by atoms with E-state index in [-0.39, 0.29) is 0 Å². The zero-order valence-electron chi connectivity index (χ0n) is 8.98. The van der Waals surface area contributed by atoms with E-state index in [4.69, 9.17) is 20.1 Å². The lowest BCUT2D eigenvalue weighted by molar-refractivity contribution is -0.138. The fraction of sp³-hybridized carbons (Fsp3) is 0.625. The van der Waals surface area contributed by atoms with Gasteiger partial charge in [0.05, 0.1) is 0 Å². The Morgan fingerprint density at radius 3 is 1.67 bits per heavy atom. The van der Waals surface area contributed by atoms with Crippen molar-refractivity contribution in [3.05, 3.63) is 0 Å². The third kappa shape index (κ3) is 46.1. The molecule has 15 heavy (non-hydrogen) atoms. The van der Waals surface area contributed by atoms with Gasteiger partial charge in [-0.2, -0.15) is 0 Å². The van der Waals surface area contributed by atoms with E-state index < -0.39 is 31.0 Å². The molecule has 0 unspecified atom stereocenters. The fourth-order valence-electron chi connectivity index (χ4n) is 0.230. The highest BCUT2D eigenvalue weighted by Crippen LogP contribution is 1.62. The summed E-state index contributed by atoms with van der Waals surface area (Å²) >= 11 is 0. The van der Waals surface area contributed by atoms with Crippen molar-refractivity contribution in [3.63, 3.8) is 0 Å². The van der Waals surface area contributed by atoms with E-state index in [0.717, 1.165) is 6.92 Å². The Labute approximate surface area is 87.7 Å². The van der Waals surface area contributed by atoms with Crippen LogP contribution in [0.2, 0.25) is 0 Å². The van der Waals surface area contributed by atoms with Crippen LogP contribution in [0.1, 0.15) is 20.8 Å². The van der Waals surface area contributed by atoms with Crippen LogP contribution in [0.5, 0.6) is 0 Å². The first-order chi connectivity index (χ1) is 6.90. The number of amides is 1. The van der Waals surface area contributed by atoms with E-state index in [0.29, 0.717) is 0 Å². The number of aliphatic carboxylic acids is 2. The summed E-state index contributed by atoms with van der Waals surface area (Å²) in [5.41, 5.74) is 0. The topological polar surface area (TPSA) is 124 Å². The molecule has 1 amide bonds. The number of hydrogen-bond donors (Lipinski definition) is 4. The third-order valence-electron chi connectivity index (χ3n) is 0.580. The maximum absolute atomic E-state index is 10.1. The van der Waals surface area contributed by atoms with E-state index in [1.54, 1.807) is 0 Å². The van der Waals surface area contributed by atoms with Gasteiger partial charge in [-0.25, -0.2) is 0 Å². The monoisotopic (exact) mass is 223 g/mol. The highest BCUT2D eigenvalue weighted by molar-refractivity contribution is 5.81. The normalized spacial score (nSPS) is 7.20. The lowest BCUT2D eigenvalue weighted by atomic mass is 10.6. The third-order valence-corrected chi connectivity index (χ3v) is 0.580. The number of hydrogen-bond acceptors (Lipinski definition) is 4. The molecule has 0 bridgehead atoms. The van der Waals surface area contributed by atoms with Crippen molar-refractivity contribution < 1.29 is 29.7 Å². The predicted octanol–water partition coefficient (Wildman–Crippen LogP) is -0.703. The molecular formula is C8H17NO6. The number of rotatable bonds is 3. The average molecular weight is 223 g/mol. The van der Waals surface area contributed by atoms with Crippen LogP contribution in [-0.2, 0) is 14.4 Å². The number of carbonyl (C=O) groups is 3. The lowest BCUT2D eigenvalue weighted by Gasteiger charge is -1.95. The van der Waals surface area contributed by atoms with E-state index in [2.05, 4.69) is 0 Å². The summed E-state index contributed by atoms with van der Waals surface area (Å²) in [6, 6.07) is 0. The highest BCUT2D eigenvalue weighted by atomic mass is 16.4. The van der Waals surface area contributed by atoms with Crippen LogP contribution in [0.4, 0.5) is 0 Å². The number of aliphatic hydroxyl groups is 1. The summed E-state index contributed by atoms with van der Waals surface area (Å²) in [5, 5.41) is 25.4. The number of carboxylic acids is 2. The predicted molar refractivity (Wildman–Crippen MR) is 52.4 cm³/mol. The summed E-state index contributed by atoms with van der Waals surface area (Å²) in [5.74, 6) is -2.64. The molecule has 0 aromatic carbocycles. The molecule has 0 radical (unpaired) electrons. The van der Waals surface area contributed by atoms with Crippen molar-refractivity contribution in [1.29, 1.82) is 0 Å². The fourth-order valence-corrected chi connectivity index (χ4v) is 0.230. The quantitative estimate of drug-likeness (QED) is 0.501. The second kappa shape index (κ2) is 14.9. The molecule has 0 aliphatic heterocycles.